The summed E-state index contributed by atoms with van der Waals surface area (Å²) in [4.78, 5) is 7.17. The number of hydrogen-bond donors (Lipinski definition) is 0. The van der Waals surface area contributed by atoms with Crippen molar-refractivity contribution in [2.75, 3.05) is 31.7 Å². The van der Waals surface area contributed by atoms with Crippen LogP contribution in [-0.2, 0) is 17.6 Å². The van der Waals surface area contributed by atoms with Crippen molar-refractivity contribution >= 4 is 33.8 Å². The number of benzene rings is 1. The number of pyridine rings is 1. The van der Waals surface area contributed by atoms with Crippen molar-refractivity contribution in [3.63, 3.8) is 0 Å². The number of fused-ring (bicyclic) bond motifs is 3. The zero-order valence-corrected chi connectivity index (χ0v) is 19.4. The third-order valence-electron chi connectivity index (χ3n) is 5.92. The molecule has 1 saturated heterocycles. The van der Waals surface area contributed by atoms with Crippen molar-refractivity contribution in [2.24, 2.45) is 11.8 Å². The second-order valence-corrected chi connectivity index (χ2v) is 9.45. The van der Waals surface area contributed by atoms with Crippen LogP contribution in [0.3, 0.4) is 0 Å². The van der Waals surface area contributed by atoms with Gasteiger partial charge in [-0.05, 0) is 29.7 Å². The monoisotopic (exact) mass is 450 g/mol. The molecule has 1 aliphatic rings. The summed E-state index contributed by atoms with van der Waals surface area (Å²) in [7, 11) is 1.76. The number of aromatic nitrogens is 5. The molecule has 1 fully saturated rings. The maximum atomic E-state index is 6.09. The van der Waals surface area contributed by atoms with Gasteiger partial charge < -0.3 is 9.64 Å². The lowest BCUT2D eigenvalue weighted by Crippen LogP contribution is -2.48. The van der Waals surface area contributed by atoms with Gasteiger partial charge in [0, 0.05) is 49.4 Å². The lowest BCUT2D eigenvalue weighted by Gasteiger charge is -2.40. The molecule has 0 unspecified atom stereocenters. The molecule has 4 aromatic rings. The SMILES string of the molecule is COCC1CN(c2cnc3c(c2)c(Cc2ccc(Cl)cc2)nn2c(CC(C)C)nnc32)C1. The lowest BCUT2D eigenvalue weighted by molar-refractivity contribution is 0.137. The Hall–Kier alpha value is -2.77. The van der Waals surface area contributed by atoms with Gasteiger partial charge in [-0.1, -0.05) is 37.6 Å². The molecule has 3 aromatic heterocycles. The van der Waals surface area contributed by atoms with Gasteiger partial charge in [-0.15, -0.1) is 10.2 Å². The van der Waals surface area contributed by atoms with Crippen LogP contribution in [0.1, 0.15) is 30.9 Å². The Kier molecular flexibility index (Phi) is 5.69. The first kappa shape index (κ1) is 21.1. The van der Waals surface area contributed by atoms with E-state index in [0.717, 1.165) is 64.8 Å². The maximum Gasteiger partial charge on any atom is 0.204 e. The molecule has 1 aliphatic heterocycles. The van der Waals surface area contributed by atoms with Crippen LogP contribution in [0.15, 0.2) is 36.5 Å². The topological polar surface area (TPSA) is 68.4 Å². The number of methoxy groups -OCH3 is 1. The number of anilines is 1. The summed E-state index contributed by atoms with van der Waals surface area (Å²) in [5.41, 5.74) is 4.76. The number of hydrogen-bond acceptors (Lipinski definition) is 6. The third-order valence-corrected chi connectivity index (χ3v) is 6.17. The number of halogens is 1. The molecular formula is C24H27ClN6O. The van der Waals surface area contributed by atoms with Crippen LogP contribution in [0.4, 0.5) is 5.69 Å². The number of rotatable bonds is 7. The van der Waals surface area contributed by atoms with Crippen LogP contribution >= 0.6 is 11.6 Å². The van der Waals surface area contributed by atoms with E-state index in [0.29, 0.717) is 23.9 Å². The van der Waals surface area contributed by atoms with Gasteiger partial charge in [-0.25, -0.2) is 4.98 Å². The average molecular weight is 451 g/mol. The highest BCUT2D eigenvalue weighted by Gasteiger charge is 2.27. The summed E-state index contributed by atoms with van der Waals surface area (Å²) in [5, 5.41) is 15.6. The summed E-state index contributed by atoms with van der Waals surface area (Å²) in [5.74, 6) is 1.90. The molecule has 0 atom stereocenters. The minimum absolute atomic E-state index is 0.460. The Morgan fingerprint density at radius 2 is 1.94 bits per heavy atom. The summed E-state index contributed by atoms with van der Waals surface area (Å²) in [6, 6.07) is 10.1. The van der Waals surface area contributed by atoms with Crippen LogP contribution in [-0.4, -0.2) is 51.6 Å². The van der Waals surface area contributed by atoms with Gasteiger partial charge in [0.05, 0.1) is 24.2 Å². The molecule has 0 amide bonds. The predicted octanol–water partition coefficient (Wildman–Crippen LogP) is 4.20. The van der Waals surface area contributed by atoms with Gasteiger partial charge in [0.2, 0.25) is 5.65 Å². The van der Waals surface area contributed by atoms with E-state index in [4.69, 9.17) is 26.4 Å². The molecule has 32 heavy (non-hydrogen) atoms. The Balaban J connectivity index is 1.60. The van der Waals surface area contributed by atoms with E-state index in [2.05, 4.69) is 35.0 Å². The van der Waals surface area contributed by atoms with E-state index < -0.39 is 0 Å². The van der Waals surface area contributed by atoms with E-state index in [-0.39, 0.29) is 0 Å². The van der Waals surface area contributed by atoms with Crippen LogP contribution in [0.25, 0.3) is 16.6 Å². The molecule has 5 rings (SSSR count). The predicted molar refractivity (Wildman–Crippen MR) is 126 cm³/mol. The van der Waals surface area contributed by atoms with Gasteiger partial charge in [-0.3, -0.25) is 0 Å². The van der Waals surface area contributed by atoms with Crippen molar-refractivity contribution in [3.8, 4) is 0 Å². The van der Waals surface area contributed by atoms with Crippen LogP contribution in [0.5, 0.6) is 0 Å². The van der Waals surface area contributed by atoms with E-state index in [9.17, 15) is 0 Å². The molecule has 1 aromatic carbocycles. The molecule has 166 valence electrons. The van der Waals surface area contributed by atoms with Crippen molar-refractivity contribution < 1.29 is 4.74 Å². The van der Waals surface area contributed by atoms with E-state index in [1.54, 1.807) is 7.11 Å². The van der Waals surface area contributed by atoms with Crippen LogP contribution < -0.4 is 4.90 Å². The quantitative estimate of drug-likeness (QED) is 0.420. The number of nitrogens with zero attached hydrogens (tertiary/aromatic N) is 6. The zero-order chi connectivity index (χ0) is 22.2. The lowest BCUT2D eigenvalue weighted by atomic mass is 10.00. The van der Waals surface area contributed by atoms with E-state index >= 15 is 0 Å². The first-order valence-corrected chi connectivity index (χ1v) is 11.4. The van der Waals surface area contributed by atoms with E-state index in [1.807, 2.05) is 35.0 Å². The molecule has 7 nitrogen and oxygen atoms in total. The van der Waals surface area contributed by atoms with Gasteiger partial charge >= 0.3 is 0 Å². The first-order valence-electron chi connectivity index (χ1n) is 11.0. The molecular weight excluding hydrogens is 424 g/mol. The smallest absolute Gasteiger partial charge is 0.204 e. The number of ether oxygens (including phenoxy) is 1. The first-order chi connectivity index (χ1) is 15.5. The summed E-state index contributed by atoms with van der Waals surface area (Å²) in [6.07, 6.45) is 3.43. The highest BCUT2D eigenvalue weighted by molar-refractivity contribution is 6.30. The van der Waals surface area contributed by atoms with Crippen molar-refractivity contribution in [1.82, 2.24) is 24.8 Å². The Morgan fingerprint density at radius 3 is 2.66 bits per heavy atom. The molecule has 8 heteroatoms. The summed E-state index contributed by atoms with van der Waals surface area (Å²) >= 11 is 6.09. The summed E-state index contributed by atoms with van der Waals surface area (Å²) in [6.45, 7) is 7.09. The maximum absolute atomic E-state index is 6.09. The minimum atomic E-state index is 0.460. The fourth-order valence-corrected chi connectivity index (χ4v) is 4.43. The Bertz CT molecular complexity index is 1250. The average Bonchev–Trinajstić information content (AvgIpc) is 3.14. The van der Waals surface area contributed by atoms with Crippen LogP contribution in [0.2, 0.25) is 5.02 Å². The largest absolute Gasteiger partial charge is 0.384 e. The molecule has 0 saturated carbocycles. The van der Waals surface area contributed by atoms with Gasteiger partial charge in [0.1, 0.15) is 5.52 Å². The van der Waals surface area contributed by atoms with E-state index in [1.165, 1.54) is 0 Å². The molecule has 4 heterocycles. The molecule has 0 radical (unpaired) electrons. The van der Waals surface area contributed by atoms with Gasteiger partial charge in [-0.2, -0.15) is 9.61 Å². The fraction of sp³-hybridized carbons (Fsp3) is 0.417. The second kappa shape index (κ2) is 8.64. The highest BCUT2D eigenvalue weighted by atomic mass is 35.5. The Labute approximate surface area is 192 Å². The van der Waals surface area contributed by atoms with Gasteiger partial charge in [0.25, 0.3) is 0 Å². The molecule has 0 aliphatic carbocycles. The van der Waals surface area contributed by atoms with Crippen molar-refractivity contribution in [2.45, 2.75) is 26.7 Å². The van der Waals surface area contributed by atoms with Crippen LogP contribution in [0, 0.1) is 11.8 Å². The molecule has 0 spiro atoms. The zero-order valence-electron chi connectivity index (χ0n) is 18.6. The molecule has 0 bridgehead atoms. The molecule has 0 N–H and O–H groups in total. The van der Waals surface area contributed by atoms with Crippen molar-refractivity contribution in [3.05, 3.63) is 58.6 Å². The fourth-order valence-electron chi connectivity index (χ4n) is 4.30. The minimum Gasteiger partial charge on any atom is -0.384 e. The standard InChI is InChI=1S/C24H27ClN6O/c1-15(2)8-22-27-28-24-23-20(10-19(11-26-23)30-12-17(13-30)14-32-3)21(29-31(22)24)9-16-4-6-18(25)7-5-16/h4-7,10-11,15,17H,8-9,12-14H2,1-3H3. The van der Waals surface area contributed by atoms with Crippen molar-refractivity contribution in [1.29, 1.82) is 0 Å². The van der Waals surface area contributed by atoms with Gasteiger partial charge in [0.15, 0.2) is 5.82 Å². The highest BCUT2D eigenvalue weighted by Crippen LogP contribution is 2.30. The normalized spacial score (nSPS) is 14.6. The summed E-state index contributed by atoms with van der Waals surface area (Å²) < 4.78 is 7.17. The Morgan fingerprint density at radius 1 is 1.16 bits per heavy atom. The third kappa shape index (κ3) is 4.02. The second-order valence-electron chi connectivity index (χ2n) is 9.02.